The van der Waals surface area contributed by atoms with Crippen LogP contribution >= 0.6 is 0 Å². The largest absolute Gasteiger partial charge is 0.493 e. The van der Waals surface area contributed by atoms with Crippen LogP contribution in [0.4, 0.5) is 0 Å². The summed E-state index contributed by atoms with van der Waals surface area (Å²) in [7, 11) is -1.30. The monoisotopic (exact) mass is 292 g/mol. The molecule has 0 saturated carbocycles. The summed E-state index contributed by atoms with van der Waals surface area (Å²) in [5.41, 5.74) is -1.59. The van der Waals surface area contributed by atoms with Crippen LogP contribution < -0.4 is 10.2 Å². The topological polar surface area (TPSA) is 95.6 Å². The second kappa shape index (κ2) is 6.44. The third-order valence-corrected chi connectivity index (χ3v) is 3.44. The molecule has 6 nitrogen and oxygen atoms in total. The maximum absolute atomic E-state index is 10.1. The van der Waals surface area contributed by atoms with E-state index >= 15 is 0 Å². The fraction of sp³-hybridized carbons (Fsp3) is 0.571. The summed E-state index contributed by atoms with van der Waals surface area (Å²) < 4.78 is 10.7. The summed E-state index contributed by atoms with van der Waals surface area (Å²) in [4.78, 5) is 4.01. The van der Waals surface area contributed by atoms with E-state index in [0.29, 0.717) is 12.1 Å². The molecule has 1 rings (SSSR count). The van der Waals surface area contributed by atoms with E-state index < -0.39 is 18.3 Å². The van der Waals surface area contributed by atoms with Crippen molar-refractivity contribution in [3.05, 3.63) is 17.8 Å². The van der Waals surface area contributed by atoms with E-state index in [2.05, 4.69) is 4.98 Å². The Morgan fingerprint density at radius 3 is 2.48 bits per heavy atom. The van der Waals surface area contributed by atoms with Gasteiger partial charge in [0.1, 0.15) is 11.6 Å². The zero-order valence-corrected chi connectivity index (χ0v) is 13.0. The number of nitrogens with zero attached hydrogens (tertiary/aromatic N) is 2. The number of rotatable bonds is 6. The first kappa shape index (κ1) is 17.4. The molecule has 0 aromatic carbocycles. The van der Waals surface area contributed by atoms with Crippen LogP contribution in [0.25, 0.3) is 0 Å². The lowest BCUT2D eigenvalue weighted by atomic mass is 9.77. The fourth-order valence-corrected chi connectivity index (χ4v) is 1.43. The molecule has 0 amide bonds. The zero-order valence-electron chi connectivity index (χ0n) is 13.0. The Bertz CT molecular complexity index is 535. The molecule has 0 atom stereocenters. The van der Waals surface area contributed by atoms with Crippen molar-refractivity contribution < 1.29 is 19.5 Å². The van der Waals surface area contributed by atoms with Gasteiger partial charge in [0.15, 0.2) is 0 Å². The Kier molecular flexibility index (Phi) is 5.34. The molecule has 0 spiro atoms. The highest BCUT2D eigenvalue weighted by atomic mass is 16.5. The standard InChI is InChI=1S/C14H21BN2O4/c1-6-20-12-10(8-16)7-11(9-17-12)15(19)21-14(4,5)13(2,3)18/h7,9,18-19H,6H2,1-5H3. The van der Waals surface area contributed by atoms with Crippen molar-refractivity contribution in [2.45, 2.75) is 45.8 Å². The molecule has 2 N–H and O–H groups in total. The van der Waals surface area contributed by atoms with Crippen LogP contribution in [0.1, 0.15) is 40.2 Å². The smallest absolute Gasteiger partial charge is 0.477 e. The highest BCUT2D eigenvalue weighted by molar-refractivity contribution is 6.60. The maximum atomic E-state index is 10.1. The fourth-order valence-electron chi connectivity index (χ4n) is 1.43. The molecule has 0 unspecified atom stereocenters. The average molecular weight is 292 g/mol. The molecular formula is C14H21BN2O4. The van der Waals surface area contributed by atoms with Gasteiger partial charge in [-0.1, -0.05) is 0 Å². The number of aromatic nitrogens is 1. The van der Waals surface area contributed by atoms with Gasteiger partial charge in [-0.15, -0.1) is 0 Å². The molecule has 0 saturated heterocycles. The van der Waals surface area contributed by atoms with E-state index in [4.69, 9.17) is 14.7 Å². The van der Waals surface area contributed by atoms with Gasteiger partial charge in [0.2, 0.25) is 5.88 Å². The van der Waals surface area contributed by atoms with Gasteiger partial charge < -0.3 is 19.5 Å². The average Bonchev–Trinajstić information content (AvgIpc) is 2.37. The molecule has 0 aliphatic carbocycles. The van der Waals surface area contributed by atoms with Crippen molar-refractivity contribution in [1.29, 1.82) is 5.26 Å². The van der Waals surface area contributed by atoms with Gasteiger partial charge in [0, 0.05) is 11.7 Å². The minimum absolute atomic E-state index is 0.220. The van der Waals surface area contributed by atoms with Gasteiger partial charge in [-0.25, -0.2) is 4.98 Å². The second-order valence-electron chi connectivity index (χ2n) is 5.71. The molecule has 0 fully saturated rings. The molecular weight excluding hydrogens is 271 g/mol. The number of nitriles is 1. The lowest BCUT2D eigenvalue weighted by Crippen LogP contribution is -2.53. The minimum atomic E-state index is -1.30. The van der Waals surface area contributed by atoms with Crippen molar-refractivity contribution in [1.82, 2.24) is 4.98 Å². The number of pyridine rings is 1. The quantitative estimate of drug-likeness (QED) is 0.746. The van der Waals surface area contributed by atoms with Gasteiger partial charge >= 0.3 is 7.12 Å². The number of ether oxygens (including phenoxy) is 1. The summed E-state index contributed by atoms with van der Waals surface area (Å²) in [6.45, 7) is 8.72. The summed E-state index contributed by atoms with van der Waals surface area (Å²) in [6.07, 6.45) is 1.39. The zero-order chi connectivity index (χ0) is 16.3. The lowest BCUT2D eigenvalue weighted by Gasteiger charge is -2.38. The van der Waals surface area contributed by atoms with E-state index in [1.165, 1.54) is 12.3 Å². The van der Waals surface area contributed by atoms with E-state index in [1.54, 1.807) is 34.6 Å². The number of hydrogen-bond acceptors (Lipinski definition) is 6. The molecule has 114 valence electrons. The molecule has 0 aliphatic rings. The van der Waals surface area contributed by atoms with Gasteiger partial charge in [-0.05, 0) is 40.7 Å². The van der Waals surface area contributed by atoms with Crippen LogP contribution in [0, 0.1) is 11.3 Å². The summed E-state index contributed by atoms with van der Waals surface area (Å²) in [6, 6.07) is 3.43. The second-order valence-corrected chi connectivity index (χ2v) is 5.71. The summed E-state index contributed by atoms with van der Waals surface area (Å²) >= 11 is 0. The third kappa shape index (κ3) is 4.17. The van der Waals surface area contributed by atoms with Crippen LogP contribution in [0.3, 0.4) is 0 Å². The Labute approximate surface area is 125 Å². The number of hydrogen-bond donors (Lipinski definition) is 2. The van der Waals surface area contributed by atoms with Crippen molar-refractivity contribution >= 4 is 12.6 Å². The van der Waals surface area contributed by atoms with Crippen LogP contribution in [-0.4, -0.2) is 40.0 Å². The van der Waals surface area contributed by atoms with Crippen molar-refractivity contribution in [2.24, 2.45) is 0 Å². The summed E-state index contributed by atoms with van der Waals surface area (Å²) in [5, 5.41) is 29.2. The first-order chi connectivity index (χ1) is 9.62. The SMILES string of the molecule is CCOc1ncc(B(O)OC(C)(C)C(C)(C)O)cc1C#N. The van der Waals surface area contributed by atoms with E-state index in [0.717, 1.165) is 0 Å². The number of aliphatic hydroxyl groups is 1. The van der Waals surface area contributed by atoms with Gasteiger partial charge in [-0.3, -0.25) is 0 Å². The molecule has 1 aromatic heterocycles. The molecule has 1 heterocycles. The Morgan fingerprint density at radius 2 is 2.00 bits per heavy atom. The normalized spacial score (nSPS) is 11.9. The first-order valence-electron chi connectivity index (χ1n) is 6.73. The van der Waals surface area contributed by atoms with Crippen LogP contribution in [-0.2, 0) is 4.65 Å². The predicted molar refractivity (Wildman–Crippen MR) is 79.2 cm³/mol. The predicted octanol–water partition coefficient (Wildman–Crippen LogP) is 0.606. The highest BCUT2D eigenvalue weighted by Crippen LogP contribution is 2.25. The van der Waals surface area contributed by atoms with Crippen LogP contribution in [0.5, 0.6) is 5.88 Å². The van der Waals surface area contributed by atoms with Crippen LogP contribution in [0.15, 0.2) is 12.3 Å². The minimum Gasteiger partial charge on any atom is -0.477 e. The van der Waals surface area contributed by atoms with Gasteiger partial charge in [-0.2, -0.15) is 5.26 Å². The maximum Gasteiger partial charge on any atom is 0.493 e. The molecule has 0 radical (unpaired) electrons. The van der Waals surface area contributed by atoms with Crippen molar-refractivity contribution in [3.8, 4) is 11.9 Å². The molecule has 7 heteroatoms. The van der Waals surface area contributed by atoms with E-state index in [1.807, 2.05) is 6.07 Å². The Balaban J connectivity index is 2.99. The first-order valence-corrected chi connectivity index (χ1v) is 6.73. The van der Waals surface area contributed by atoms with E-state index in [-0.39, 0.29) is 11.4 Å². The van der Waals surface area contributed by atoms with Crippen LogP contribution in [0.2, 0.25) is 0 Å². The molecule has 21 heavy (non-hydrogen) atoms. The highest BCUT2D eigenvalue weighted by Gasteiger charge is 2.39. The van der Waals surface area contributed by atoms with Gasteiger partial charge in [0.05, 0.1) is 17.8 Å². The molecule has 0 aliphatic heterocycles. The Hall–Kier alpha value is -1.62. The molecule has 1 aromatic rings. The van der Waals surface area contributed by atoms with Crippen molar-refractivity contribution in [3.63, 3.8) is 0 Å². The van der Waals surface area contributed by atoms with Crippen molar-refractivity contribution in [2.75, 3.05) is 6.61 Å². The molecule has 0 bridgehead atoms. The van der Waals surface area contributed by atoms with E-state index in [9.17, 15) is 10.1 Å². The lowest BCUT2D eigenvalue weighted by molar-refractivity contribution is -0.0982. The summed E-state index contributed by atoms with van der Waals surface area (Å²) in [5.74, 6) is 0.220. The van der Waals surface area contributed by atoms with Gasteiger partial charge in [0.25, 0.3) is 0 Å². The Morgan fingerprint density at radius 1 is 1.38 bits per heavy atom. The third-order valence-electron chi connectivity index (χ3n) is 3.44.